The third-order valence-corrected chi connectivity index (χ3v) is 7.06. The minimum Gasteiger partial charge on any atom is -0.309 e. The van der Waals surface area contributed by atoms with E-state index in [2.05, 4.69) is 30.8 Å². The van der Waals surface area contributed by atoms with Crippen molar-refractivity contribution < 1.29 is 26.4 Å². The van der Waals surface area contributed by atoms with Crippen molar-refractivity contribution in [1.29, 1.82) is 0 Å². The summed E-state index contributed by atoms with van der Waals surface area (Å²) in [6.07, 6.45) is 0.413. The Labute approximate surface area is 196 Å². The number of fused-ring (bicyclic) bond motifs is 4. The van der Waals surface area contributed by atoms with E-state index in [1.165, 1.54) is 29.0 Å². The van der Waals surface area contributed by atoms with Crippen LogP contribution in [0.1, 0.15) is 37.8 Å². The van der Waals surface area contributed by atoms with Gasteiger partial charge in [0, 0.05) is 17.8 Å². The van der Waals surface area contributed by atoms with E-state index >= 15 is 0 Å². The van der Waals surface area contributed by atoms with Crippen molar-refractivity contribution in [2.24, 2.45) is 10.2 Å². The van der Waals surface area contributed by atoms with Gasteiger partial charge in [0.05, 0.1) is 5.69 Å². The Morgan fingerprint density at radius 2 is 1.86 bits per heavy atom. The lowest BCUT2D eigenvalue weighted by Crippen LogP contribution is -2.48. The maximum Gasteiger partial charge on any atom is 0.437 e. The van der Waals surface area contributed by atoms with E-state index in [0.29, 0.717) is 31.1 Å². The monoisotopic (exact) mass is 508 g/mol. The Bertz CT molecular complexity index is 1460. The Hall–Kier alpha value is -3.59. The third-order valence-electron chi connectivity index (χ3n) is 6.16. The Balaban J connectivity index is 1.64. The van der Waals surface area contributed by atoms with Gasteiger partial charge in [-0.05, 0) is 31.0 Å². The highest BCUT2D eigenvalue weighted by atomic mass is 32.2. The first-order valence-corrected chi connectivity index (χ1v) is 12.1. The fourth-order valence-electron chi connectivity index (χ4n) is 4.56. The highest BCUT2D eigenvalue weighted by Gasteiger charge is 2.49. The van der Waals surface area contributed by atoms with Gasteiger partial charge >= 0.3 is 6.18 Å². The first-order chi connectivity index (χ1) is 16.5. The van der Waals surface area contributed by atoms with Crippen LogP contribution in [-0.4, -0.2) is 45.7 Å². The van der Waals surface area contributed by atoms with Crippen molar-refractivity contribution in [3.05, 3.63) is 36.3 Å². The largest absolute Gasteiger partial charge is 0.437 e. The van der Waals surface area contributed by atoms with Crippen molar-refractivity contribution >= 4 is 44.4 Å². The number of primary sulfonamides is 1. The predicted molar refractivity (Wildman–Crippen MR) is 118 cm³/mol. The molecule has 11 nitrogen and oxygen atoms in total. The predicted octanol–water partition coefficient (Wildman–Crippen LogP) is 2.27. The fraction of sp³-hybridized carbons (Fsp3) is 0.350. The van der Waals surface area contributed by atoms with Crippen molar-refractivity contribution in [2.45, 2.75) is 48.7 Å². The summed E-state index contributed by atoms with van der Waals surface area (Å²) < 4.78 is 65.9. The van der Waals surface area contributed by atoms with Crippen LogP contribution < -0.4 is 15.9 Å². The van der Waals surface area contributed by atoms with Crippen LogP contribution in [0, 0.1) is 0 Å². The number of nitrogens with one attached hydrogen (secondary N) is 2. The van der Waals surface area contributed by atoms with Crippen LogP contribution in [0.2, 0.25) is 0 Å². The number of carbonyl (C=O) groups is 1. The van der Waals surface area contributed by atoms with E-state index in [0.717, 1.165) is 12.6 Å². The number of sulfonamides is 1. The number of hydrogen-bond acceptors (Lipinski definition) is 8. The summed E-state index contributed by atoms with van der Waals surface area (Å²) in [5, 5.41) is 11.6. The highest BCUT2D eigenvalue weighted by molar-refractivity contribution is 7.89. The number of anilines is 2. The summed E-state index contributed by atoms with van der Waals surface area (Å²) in [5.41, 5.74) is -0.530. The number of rotatable bonds is 3. The number of amides is 1. The second-order valence-electron chi connectivity index (χ2n) is 8.38. The molecule has 184 valence electrons. The highest BCUT2D eigenvalue weighted by Crippen LogP contribution is 2.41. The van der Waals surface area contributed by atoms with Gasteiger partial charge in [0.15, 0.2) is 5.71 Å². The summed E-state index contributed by atoms with van der Waals surface area (Å²) in [6.45, 7) is 0. The number of pyridine rings is 1. The van der Waals surface area contributed by atoms with E-state index < -0.39 is 33.4 Å². The number of nitrogens with zero attached hydrogens (tertiary/aromatic N) is 5. The Morgan fingerprint density at radius 3 is 2.49 bits per heavy atom. The zero-order valence-corrected chi connectivity index (χ0v) is 18.8. The molecule has 0 saturated heterocycles. The minimum absolute atomic E-state index is 0.00429. The lowest BCUT2D eigenvalue weighted by Gasteiger charge is -2.37. The maximum atomic E-state index is 13.9. The average molecular weight is 508 g/mol. The van der Waals surface area contributed by atoms with E-state index in [-0.39, 0.29) is 28.0 Å². The SMILES string of the molecule is NS(=O)(=O)c1ccc(Nc2ncc3cc4n(c3n2)C2(CCCCC2)C(=O)NN=C4C(F)(F)F)nc1. The van der Waals surface area contributed by atoms with Gasteiger partial charge in [-0.3, -0.25) is 4.79 Å². The van der Waals surface area contributed by atoms with Crippen LogP contribution in [0.15, 0.2) is 40.6 Å². The molecule has 35 heavy (non-hydrogen) atoms. The molecule has 0 atom stereocenters. The second kappa shape index (κ2) is 7.98. The summed E-state index contributed by atoms with van der Waals surface area (Å²) >= 11 is 0. The van der Waals surface area contributed by atoms with Gasteiger partial charge in [-0.2, -0.15) is 23.3 Å². The molecule has 1 saturated carbocycles. The van der Waals surface area contributed by atoms with Gasteiger partial charge in [-0.25, -0.2) is 29.0 Å². The number of nitrogens with two attached hydrogens (primary N) is 1. The maximum absolute atomic E-state index is 13.9. The molecule has 2 aliphatic rings. The zero-order valence-electron chi connectivity index (χ0n) is 18.0. The lowest BCUT2D eigenvalue weighted by molar-refractivity contribution is -0.131. The number of hydrazone groups is 1. The van der Waals surface area contributed by atoms with Crippen molar-refractivity contribution in [1.82, 2.24) is 24.9 Å². The number of aromatic nitrogens is 4. The lowest BCUT2D eigenvalue weighted by atomic mass is 9.80. The van der Waals surface area contributed by atoms with Crippen LogP contribution in [0.3, 0.4) is 0 Å². The number of alkyl halides is 3. The van der Waals surface area contributed by atoms with Crippen LogP contribution >= 0.6 is 0 Å². The molecule has 4 N–H and O–H groups in total. The normalized spacial score (nSPS) is 18.1. The molecule has 1 fully saturated rings. The third kappa shape index (κ3) is 3.99. The molecule has 1 aliphatic heterocycles. The van der Waals surface area contributed by atoms with Gasteiger partial charge < -0.3 is 9.88 Å². The van der Waals surface area contributed by atoms with E-state index in [4.69, 9.17) is 5.14 Å². The number of carbonyl (C=O) groups excluding carboxylic acids is 1. The topological polar surface area (TPSA) is 157 Å². The van der Waals surface area contributed by atoms with Gasteiger partial charge in [-0.15, -0.1) is 0 Å². The van der Waals surface area contributed by atoms with Crippen LogP contribution in [0.4, 0.5) is 24.9 Å². The van der Waals surface area contributed by atoms with Crippen LogP contribution in [0.25, 0.3) is 11.0 Å². The molecular formula is C20H19F3N8O3S. The molecule has 3 aromatic rings. The standard InChI is InChI=1S/C20H19F3N8O3S/c21-20(22,23)15-13-8-11-9-26-18(27-14-5-4-12(10-25-14)35(24,33)34)28-16(11)31(13)19(17(32)30-29-15)6-2-1-3-7-19/h4-5,8-10H,1-3,6-7H2,(H,30,32)(H2,24,33,34)(H,25,26,27,28). The number of hydrogen-bond donors (Lipinski definition) is 3. The summed E-state index contributed by atoms with van der Waals surface area (Å²) in [7, 11) is -3.93. The van der Waals surface area contributed by atoms with E-state index in [1.54, 1.807) is 0 Å². The van der Waals surface area contributed by atoms with Crippen molar-refractivity contribution in [3.8, 4) is 0 Å². The first-order valence-electron chi connectivity index (χ1n) is 10.6. The first kappa shape index (κ1) is 23.2. The number of halogens is 3. The van der Waals surface area contributed by atoms with Crippen LogP contribution in [0.5, 0.6) is 0 Å². The molecule has 3 aromatic heterocycles. The molecule has 0 radical (unpaired) electrons. The summed E-state index contributed by atoms with van der Waals surface area (Å²) in [4.78, 5) is 25.4. The van der Waals surface area contributed by atoms with Crippen molar-refractivity contribution in [2.75, 3.05) is 5.32 Å². The molecule has 1 spiro atoms. The molecule has 1 aliphatic carbocycles. The molecule has 0 bridgehead atoms. The smallest absolute Gasteiger partial charge is 0.309 e. The Morgan fingerprint density at radius 1 is 1.11 bits per heavy atom. The van der Waals surface area contributed by atoms with Gasteiger partial charge in [0.1, 0.15) is 21.9 Å². The second-order valence-corrected chi connectivity index (χ2v) is 9.94. The molecule has 1 amide bonds. The van der Waals surface area contributed by atoms with Gasteiger partial charge in [-0.1, -0.05) is 19.3 Å². The molecule has 15 heteroatoms. The molecule has 4 heterocycles. The molecule has 5 rings (SSSR count). The van der Waals surface area contributed by atoms with Gasteiger partial charge in [0.2, 0.25) is 16.0 Å². The van der Waals surface area contributed by atoms with Crippen molar-refractivity contribution in [3.63, 3.8) is 0 Å². The summed E-state index contributed by atoms with van der Waals surface area (Å²) in [6, 6.07) is 3.86. The fourth-order valence-corrected chi connectivity index (χ4v) is 5.02. The molecule has 0 aromatic carbocycles. The van der Waals surface area contributed by atoms with Crippen LogP contribution in [-0.2, 0) is 20.4 Å². The van der Waals surface area contributed by atoms with E-state index in [9.17, 15) is 26.4 Å². The summed E-state index contributed by atoms with van der Waals surface area (Å²) in [5.74, 6) is -0.444. The zero-order chi connectivity index (χ0) is 25.0. The molecular weight excluding hydrogens is 489 g/mol. The van der Waals surface area contributed by atoms with Gasteiger partial charge in [0.25, 0.3) is 5.91 Å². The average Bonchev–Trinajstić information content (AvgIpc) is 3.12. The quantitative estimate of drug-likeness (QED) is 0.490. The molecule has 0 unspecified atom stereocenters. The Kier molecular flexibility index (Phi) is 5.28. The van der Waals surface area contributed by atoms with E-state index in [1.807, 2.05) is 0 Å². The minimum atomic E-state index is -4.82.